The van der Waals surface area contributed by atoms with Gasteiger partial charge in [0.2, 0.25) is 10.0 Å². The summed E-state index contributed by atoms with van der Waals surface area (Å²) >= 11 is 0. The third kappa shape index (κ3) is 2.17. The molecule has 2 N–H and O–H groups in total. The number of alkyl halides is 2. The molecule has 0 aromatic rings. The lowest BCUT2D eigenvalue weighted by molar-refractivity contribution is -0.134. The highest BCUT2D eigenvalue weighted by atomic mass is 32.2. The highest BCUT2D eigenvalue weighted by Gasteiger charge is 2.55. The van der Waals surface area contributed by atoms with Gasteiger partial charge < -0.3 is 0 Å². The fraction of sp³-hybridized carbons (Fsp3) is 1.00. The van der Waals surface area contributed by atoms with Crippen molar-refractivity contribution in [2.75, 3.05) is 5.75 Å². The van der Waals surface area contributed by atoms with E-state index < -0.39 is 27.1 Å². The monoisotopic (exact) mass is 213 g/mol. The largest absolute Gasteiger partial charge is 0.251 e. The summed E-state index contributed by atoms with van der Waals surface area (Å²) in [6.45, 7) is 0.761. The van der Waals surface area contributed by atoms with Crippen LogP contribution in [0.5, 0.6) is 0 Å². The SMILES string of the molecule is CC(F)(F)C1(CS(N)(=O)=O)CCC1. The molecule has 1 aliphatic carbocycles. The van der Waals surface area contributed by atoms with Gasteiger partial charge in [0.05, 0.1) is 5.75 Å². The highest BCUT2D eigenvalue weighted by molar-refractivity contribution is 7.89. The average Bonchev–Trinajstić information content (AvgIpc) is 1.73. The quantitative estimate of drug-likeness (QED) is 0.763. The highest BCUT2D eigenvalue weighted by Crippen LogP contribution is 2.52. The summed E-state index contributed by atoms with van der Waals surface area (Å²) in [5.41, 5.74) is -1.40. The van der Waals surface area contributed by atoms with Crippen LogP contribution in [0.15, 0.2) is 0 Å². The zero-order valence-corrected chi connectivity index (χ0v) is 8.20. The first-order valence-corrected chi connectivity index (χ1v) is 5.76. The molecule has 1 aliphatic rings. The second kappa shape index (κ2) is 2.88. The maximum absolute atomic E-state index is 13.0. The van der Waals surface area contributed by atoms with E-state index in [4.69, 9.17) is 5.14 Å². The van der Waals surface area contributed by atoms with Gasteiger partial charge in [-0.25, -0.2) is 22.3 Å². The van der Waals surface area contributed by atoms with Crippen molar-refractivity contribution in [2.45, 2.75) is 32.1 Å². The Morgan fingerprint density at radius 3 is 2.00 bits per heavy atom. The third-order valence-electron chi connectivity index (χ3n) is 2.72. The maximum atomic E-state index is 13.0. The smallest absolute Gasteiger partial charge is 0.229 e. The third-order valence-corrected chi connectivity index (χ3v) is 3.67. The van der Waals surface area contributed by atoms with Crippen LogP contribution in [0, 0.1) is 5.41 Å². The molecule has 0 aromatic carbocycles. The Labute approximate surface area is 76.4 Å². The molecular formula is C7H13F2NO2S. The maximum Gasteiger partial charge on any atom is 0.251 e. The Morgan fingerprint density at radius 1 is 1.46 bits per heavy atom. The Kier molecular flexibility index (Phi) is 2.40. The molecule has 0 spiro atoms. The molecule has 6 heteroatoms. The van der Waals surface area contributed by atoms with Crippen LogP contribution in [-0.4, -0.2) is 20.1 Å². The first-order chi connectivity index (χ1) is 5.66. The Balaban J connectivity index is 2.84. The van der Waals surface area contributed by atoms with Crippen molar-refractivity contribution in [3.8, 4) is 0 Å². The lowest BCUT2D eigenvalue weighted by Crippen LogP contribution is -2.50. The van der Waals surface area contributed by atoms with E-state index in [0.717, 1.165) is 6.92 Å². The molecule has 0 unspecified atom stereocenters. The van der Waals surface area contributed by atoms with Gasteiger partial charge in [-0.3, -0.25) is 0 Å². The first-order valence-electron chi connectivity index (χ1n) is 4.05. The molecule has 78 valence electrons. The van der Waals surface area contributed by atoms with Crippen LogP contribution in [0.25, 0.3) is 0 Å². The van der Waals surface area contributed by atoms with Crippen LogP contribution in [0.1, 0.15) is 26.2 Å². The van der Waals surface area contributed by atoms with E-state index >= 15 is 0 Å². The summed E-state index contributed by atoms with van der Waals surface area (Å²) in [4.78, 5) is 0. The van der Waals surface area contributed by atoms with Crippen LogP contribution in [0.3, 0.4) is 0 Å². The van der Waals surface area contributed by atoms with Gasteiger partial charge in [-0.1, -0.05) is 6.42 Å². The van der Waals surface area contributed by atoms with Crippen molar-refractivity contribution in [3.63, 3.8) is 0 Å². The van der Waals surface area contributed by atoms with Crippen LogP contribution in [-0.2, 0) is 10.0 Å². The number of halogens is 2. The fourth-order valence-electron chi connectivity index (χ4n) is 1.70. The molecule has 0 aliphatic heterocycles. The van der Waals surface area contributed by atoms with Crippen LogP contribution in [0.4, 0.5) is 8.78 Å². The van der Waals surface area contributed by atoms with Gasteiger partial charge in [0, 0.05) is 5.41 Å². The van der Waals surface area contributed by atoms with Gasteiger partial charge in [0.15, 0.2) is 0 Å². The van der Waals surface area contributed by atoms with Gasteiger partial charge in [-0.2, -0.15) is 0 Å². The minimum absolute atomic E-state index is 0.243. The molecule has 0 radical (unpaired) electrons. The summed E-state index contributed by atoms with van der Waals surface area (Å²) < 4.78 is 47.5. The summed E-state index contributed by atoms with van der Waals surface area (Å²) in [7, 11) is -3.81. The van der Waals surface area contributed by atoms with E-state index in [2.05, 4.69) is 0 Å². The first kappa shape index (κ1) is 10.8. The minimum atomic E-state index is -3.81. The van der Waals surface area contributed by atoms with E-state index in [1.54, 1.807) is 0 Å². The number of nitrogens with two attached hydrogens (primary N) is 1. The number of hydrogen-bond donors (Lipinski definition) is 1. The van der Waals surface area contributed by atoms with Crippen molar-refractivity contribution in [3.05, 3.63) is 0 Å². The van der Waals surface area contributed by atoms with Gasteiger partial charge in [0.1, 0.15) is 0 Å². The van der Waals surface area contributed by atoms with Crippen LogP contribution < -0.4 is 5.14 Å². The Morgan fingerprint density at radius 2 is 1.92 bits per heavy atom. The second-order valence-corrected chi connectivity index (χ2v) is 5.44. The molecule has 1 saturated carbocycles. The summed E-state index contributed by atoms with van der Waals surface area (Å²) in [5.74, 6) is -3.57. The van der Waals surface area contributed by atoms with Crippen molar-refractivity contribution in [1.29, 1.82) is 0 Å². The Hall–Kier alpha value is -0.230. The molecule has 13 heavy (non-hydrogen) atoms. The minimum Gasteiger partial charge on any atom is -0.229 e. The van der Waals surface area contributed by atoms with Gasteiger partial charge in [-0.05, 0) is 19.8 Å². The van der Waals surface area contributed by atoms with Gasteiger partial charge in [-0.15, -0.1) is 0 Å². The number of sulfonamides is 1. The molecule has 1 rings (SSSR count). The molecule has 0 amide bonds. The van der Waals surface area contributed by atoms with E-state index in [-0.39, 0.29) is 12.8 Å². The van der Waals surface area contributed by atoms with E-state index in [1.165, 1.54) is 0 Å². The van der Waals surface area contributed by atoms with Crippen molar-refractivity contribution in [2.24, 2.45) is 10.6 Å². The Bertz CT molecular complexity index is 290. The lowest BCUT2D eigenvalue weighted by Gasteiger charge is -2.45. The predicted octanol–water partition coefficient (Wildman–Crippen LogP) is 1.10. The van der Waals surface area contributed by atoms with Crippen LogP contribution in [0.2, 0.25) is 0 Å². The summed E-state index contributed by atoms with van der Waals surface area (Å²) in [6.07, 6.45) is 1.14. The zero-order valence-electron chi connectivity index (χ0n) is 7.39. The fourth-order valence-corrected chi connectivity index (χ4v) is 3.01. The molecule has 0 atom stereocenters. The number of primary sulfonamides is 1. The number of rotatable bonds is 3. The van der Waals surface area contributed by atoms with Crippen LogP contribution >= 0.6 is 0 Å². The number of hydrogen-bond acceptors (Lipinski definition) is 2. The van der Waals surface area contributed by atoms with Gasteiger partial charge in [0.25, 0.3) is 5.92 Å². The zero-order chi connectivity index (χ0) is 10.3. The topological polar surface area (TPSA) is 60.2 Å². The average molecular weight is 213 g/mol. The molecule has 0 saturated heterocycles. The van der Waals surface area contributed by atoms with Crippen molar-refractivity contribution in [1.82, 2.24) is 0 Å². The summed E-state index contributed by atoms with van der Waals surface area (Å²) in [6, 6.07) is 0. The molecular weight excluding hydrogens is 200 g/mol. The van der Waals surface area contributed by atoms with Crippen molar-refractivity contribution >= 4 is 10.0 Å². The normalized spacial score (nSPS) is 22.5. The summed E-state index contributed by atoms with van der Waals surface area (Å²) in [5, 5.41) is 4.77. The van der Waals surface area contributed by atoms with Crippen molar-refractivity contribution < 1.29 is 17.2 Å². The second-order valence-electron chi connectivity index (χ2n) is 3.83. The van der Waals surface area contributed by atoms with Gasteiger partial charge >= 0.3 is 0 Å². The molecule has 1 fully saturated rings. The van der Waals surface area contributed by atoms with E-state index in [9.17, 15) is 17.2 Å². The van der Waals surface area contributed by atoms with E-state index in [1.807, 2.05) is 0 Å². The standard InChI is InChI=1S/C7H13F2NO2S/c1-6(8,9)7(3-2-4-7)5-13(10,11)12/h2-5H2,1H3,(H2,10,11,12). The molecule has 0 heterocycles. The molecule has 0 aromatic heterocycles. The molecule has 3 nitrogen and oxygen atoms in total. The van der Waals surface area contributed by atoms with E-state index in [0.29, 0.717) is 6.42 Å². The molecule has 0 bridgehead atoms. The lowest BCUT2D eigenvalue weighted by atomic mass is 9.66. The predicted molar refractivity (Wildman–Crippen MR) is 44.9 cm³/mol.